The number of hydrogen-bond donors (Lipinski definition) is 0. The number of esters is 1. The molecule has 154 valence electrons. The van der Waals surface area contributed by atoms with Crippen LogP contribution in [0.4, 0.5) is 5.69 Å². The predicted octanol–water partition coefficient (Wildman–Crippen LogP) is 4.46. The summed E-state index contributed by atoms with van der Waals surface area (Å²) >= 11 is 6.13. The first kappa shape index (κ1) is 18.3. The molecule has 4 heterocycles. The SMILES string of the molecule is Cc1cc2c(c(=O)o1)[C@@H]1c3ccccc3[C@H](O2)C2=C(COC2=O)N1c1ccc(Cl)cc1. The van der Waals surface area contributed by atoms with Gasteiger partial charge in [0, 0.05) is 22.3 Å². The van der Waals surface area contributed by atoms with Crippen molar-refractivity contribution in [2.75, 3.05) is 11.5 Å². The summed E-state index contributed by atoms with van der Waals surface area (Å²) in [4.78, 5) is 28.0. The van der Waals surface area contributed by atoms with E-state index in [0.29, 0.717) is 33.4 Å². The fraction of sp³-hybridized carbons (Fsp3) is 0.167. The Morgan fingerprint density at radius 1 is 1.03 bits per heavy atom. The van der Waals surface area contributed by atoms with Crippen LogP contribution in [0, 0.1) is 6.92 Å². The van der Waals surface area contributed by atoms with Gasteiger partial charge in [-0.15, -0.1) is 0 Å². The summed E-state index contributed by atoms with van der Waals surface area (Å²) in [6.45, 7) is 1.79. The smallest absolute Gasteiger partial charge is 0.345 e. The lowest BCUT2D eigenvalue weighted by Gasteiger charge is -2.34. The van der Waals surface area contributed by atoms with E-state index in [-0.39, 0.29) is 6.61 Å². The van der Waals surface area contributed by atoms with Crippen molar-refractivity contribution in [2.45, 2.75) is 19.1 Å². The molecule has 1 aromatic heterocycles. The Morgan fingerprint density at radius 3 is 2.55 bits per heavy atom. The lowest BCUT2D eigenvalue weighted by molar-refractivity contribution is -0.136. The first-order valence-corrected chi connectivity index (χ1v) is 10.3. The summed E-state index contributed by atoms with van der Waals surface area (Å²) in [6, 6.07) is 16.1. The zero-order chi connectivity index (χ0) is 21.3. The van der Waals surface area contributed by atoms with E-state index < -0.39 is 23.7 Å². The highest BCUT2D eigenvalue weighted by molar-refractivity contribution is 6.30. The van der Waals surface area contributed by atoms with Crippen LogP contribution in [0.25, 0.3) is 0 Å². The van der Waals surface area contributed by atoms with Crippen molar-refractivity contribution >= 4 is 23.3 Å². The number of rotatable bonds is 1. The average molecular weight is 434 g/mol. The van der Waals surface area contributed by atoms with Crippen LogP contribution in [-0.4, -0.2) is 12.6 Å². The minimum absolute atomic E-state index is 0.0909. The molecule has 0 amide bonds. The van der Waals surface area contributed by atoms with Crippen LogP contribution in [-0.2, 0) is 9.53 Å². The average Bonchev–Trinajstić information content (AvgIpc) is 2.98. The molecule has 3 aliphatic rings. The molecule has 6 nitrogen and oxygen atoms in total. The van der Waals surface area contributed by atoms with Crippen LogP contribution in [0.15, 0.2) is 75.1 Å². The van der Waals surface area contributed by atoms with Gasteiger partial charge in [-0.05, 0) is 36.8 Å². The first-order valence-electron chi connectivity index (χ1n) is 9.88. The van der Waals surface area contributed by atoms with Gasteiger partial charge in [0.1, 0.15) is 29.3 Å². The lowest BCUT2D eigenvalue weighted by atomic mass is 9.92. The van der Waals surface area contributed by atoms with Crippen molar-refractivity contribution < 1.29 is 18.7 Å². The fourth-order valence-corrected chi connectivity index (χ4v) is 4.82. The Labute approximate surface area is 182 Å². The Hall–Kier alpha value is -3.51. The highest BCUT2D eigenvalue weighted by Crippen LogP contribution is 2.51. The molecule has 0 fully saturated rings. The first-order chi connectivity index (χ1) is 15.0. The van der Waals surface area contributed by atoms with Crippen molar-refractivity contribution in [2.24, 2.45) is 0 Å². The molecule has 31 heavy (non-hydrogen) atoms. The summed E-state index contributed by atoms with van der Waals surface area (Å²) < 4.78 is 17.3. The van der Waals surface area contributed by atoms with Gasteiger partial charge < -0.3 is 18.8 Å². The Balaban J connectivity index is 1.75. The van der Waals surface area contributed by atoms with Crippen LogP contribution in [0.2, 0.25) is 5.02 Å². The second-order valence-electron chi connectivity index (χ2n) is 7.73. The van der Waals surface area contributed by atoms with Gasteiger partial charge >= 0.3 is 11.6 Å². The number of carbonyl (C=O) groups excluding carboxylic acids is 1. The van der Waals surface area contributed by atoms with Gasteiger partial charge in [-0.1, -0.05) is 35.9 Å². The van der Waals surface area contributed by atoms with E-state index in [1.807, 2.05) is 41.3 Å². The maximum absolute atomic E-state index is 13.1. The normalized spacial score (nSPS) is 21.0. The highest BCUT2D eigenvalue weighted by atomic mass is 35.5. The number of aryl methyl sites for hydroxylation is 1. The van der Waals surface area contributed by atoms with Gasteiger partial charge in [-0.3, -0.25) is 0 Å². The molecule has 7 heteroatoms. The van der Waals surface area contributed by atoms with Gasteiger partial charge in [0.15, 0.2) is 6.10 Å². The fourth-order valence-electron chi connectivity index (χ4n) is 4.69. The Kier molecular flexibility index (Phi) is 3.83. The van der Waals surface area contributed by atoms with Crippen LogP contribution in [0.1, 0.15) is 34.6 Å². The molecule has 0 aliphatic carbocycles. The molecule has 2 aromatic carbocycles. The van der Waals surface area contributed by atoms with E-state index in [4.69, 9.17) is 25.5 Å². The lowest BCUT2D eigenvalue weighted by Crippen LogP contribution is -2.34. The van der Waals surface area contributed by atoms with Gasteiger partial charge in [-0.25, -0.2) is 9.59 Å². The third kappa shape index (κ3) is 2.58. The molecule has 2 bridgehead atoms. The number of benzene rings is 2. The quantitative estimate of drug-likeness (QED) is 0.528. The number of halogens is 1. The maximum atomic E-state index is 13.1. The largest absolute Gasteiger partial charge is 0.480 e. The van der Waals surface area contributed by atoms with Crippen molar-refractivity contribution in [3.63, 3.8) is 0 Å². The molecule has 6 rings (SSSR count). The zero-order valence-electron chi connectivity index (χ0n) is 16.4. The topological polar surface area (TPSA) is 69.0 Å². The highest BCUT2D eigenvalue weighted by Gasteiger charge is 2.48. The van der Waals surface area contributed by atoms with Gasteiger partial charge in [-0.2, -0.15) is 0 Å². The third-order valence-electron chi connectivity index (χ3n) is 5.95. The summed E-state index contributed by atoms with van der Waals surface area (Å²) in [5, 5.41) is 0.590. The molecule has 0 saturated carbocycles. The van der Waals surface area contributed by atoms with Crippen LogP contribution in [0.5, 0.6) is 5.75 Å². The van der Waals surface area contributed by atoms with E-state index in [1.165, 1.54) is 0 Å². The summed E-state index contributed by atoms with van der Waals surface area (Å²) in [5.74, 6) is 0.428. The van der Waals surface area contributed by atoms with Crippen molar-refractivity contribution in [3.05, 3.63) is 104 Å². The number of fused-ring (bicyclic) bond motifs is 3. The van der Waals surface area contributed by atoms with E-state index in [2.05, 4.69) is 0 Å². The standard InChI is InChI=1S/C24H16ClNO5/c1-12-10-18-20(24(28)30-12)21-15-4-2-3-5-16(15)22(31-18)19-17(11-29-23(19)27)26(21)14-8-6-13(25)7-9-14/h2-10,21-22H,11H2,1H3/t21-,22-/m0/s1. The van der Waals surface area contributed by atoms with Gasteiger partial charge in [0.25, 0.3) is 0 Å². The molecule has 0 unspecified atom stereocenters. The van der Waals surface area contributed by atoms with Crippen molar-refractivity contribution in [3.8, 4) is 5.75 Å². The van der Waals surface area contributed by atoms with Gasteiger partial charge in [0.05, 0.1) is 11.7 Å². The molecule has 2 atom stereocenters. The summed E-state index contributed by atoms with van der Waals surface area (Å²) in [7, 11) is 0. The number of cyclic esters (lactones) is 1. The number of anilines is 1. The monoisotopic (exact) mass is 433 g/mol. The number of hydrogen-bond acceptors (Lipinski definition) is 6. The number of nitrogens with zero attached hydrogens (tertiary/aromatic N) is 1. The molecule has 0 spiro atoms. The molecule has 3 aliphatic heterocycles. The van der Waals surface area contributed by atoms with Crippen molar-refractivity contribution in [1.82, 2.24) is 0 Å². The molecule has 0 saturated heterocycles. The van der Waals surface area contributed by atoms with E-state index in [0.717, 1.165) is 16.8 Å². The van der Waals surface area contributed by atoms with E-state index in [9.17, 15) is 9.59 Å². The minimum atomic E-state index is -0.691. The number of ether oxygens (including phenoxy) is 2. The van der Waals surface area contributed by atoms with Crippen molar-refractivity contribution in [1.29, 1.82) is 0 Å². The van der Waals surface area contributed by atoms with Crippen LogP contribution < -0.4 is 15.3 Å². The second kappa shape index (κ2) is 6.49. The summed E-state index contributed by atoms with van der Waals surface area (Å²) in [6.07, 6.45) is -0.691. The minimum Gasteiger partial charge on any atom is -0.480 e. The van der Waals surface area contributed by atoms with Gasteiger partial charge in [0.2, 0.25) is 0 Å². The predicted molar refractivity (Wildman–Crippen MR) is 113 cm³/mol. The molecular formula is C24H16ClNO5. The Bertz CT molecular complexity index is 1340. The van der Waals surface area contributed by atoms with Crippen LogP contribution >= 0.6 is 11.6 Å². The maximum Gasteiger partial charge on any atom is 0.345 e. The summed E-state index contributed by atoms with van der Waals surface area (Å²) in [5.41, 5.74) is 3.52. The third-order valence-corrected chi connectivity index (χ3v) is 6.20. The second-order valence-corrected chi connectivity index (χ2v) is 8.17. The molecule has 0 N–H and O–H groups in total. The molecular weight excluding hydrogens is 418 g/mol. The van der Waals surface area contributed by atoms with E-state index in [1.54, 1.807) is 25.1 Å². The molecule has 3 aromatic rings. The van der Waals surface area contributed by atoms with E-state index >= 15 is 0 Å². The van der Waals surface area contributed by atoms with Crippen LogP contribution in [0.3, 0.4) is 0 Å². The molecule has 0 radical (unpaired) electrons. The zero-order valence-corrected chi connectivity index (χ0v) is 17.2. The number of carbonyl (C=O) groups is 1. The Morgan fingerprint density at radius 2 is 1.77 bits per heavy atom.